The van der Waals surface area contributed by atoms with Crippen LogP contribution < -0.4 is 0 Å². The van der Waals surface area contributed by atoms with Crippen LogP contribution in [0.3, 0.4) is 0 Å². The molecule has 0 aromatic carbocycles. The molecule has 2 heteroatoms. The molecule has 1 aliphatic carbocycles. The van der Waals surface area contributed by atoms with Gasteiger partial charge in [-0.15, -0.1) is 0 Å². The lowest BCUT2D eigenvalue weighted by Crippen LogP contribution is -1.98. The lowest BCUT2D eigenvalue weighted by Gasteiger charge is -2.06. The number of allylic oxidation sites excluding steroid dienone is 2. The minimum absolute atomic E-state index is 0.139. The third-order valence-electron chi connectivity index (χ3n) is 1.01. The molecule has 0 saturated carbocycles. The van der Waals surface area contributed by atoms with Crippen molar-refractivity contribution in [2.75, 3.05) is 0 Å². The first-order valence-electron chi connectivity index (χ1n) is 2.26. The Labute approximate surface area is 60.2 Å². The average Bonchev–Trinajstić information content (AvgIpc) is 1.84. The van der Waals surface area contributed by atoms with Gasteiger partial charge in [0.2, 0.25) is 0 Å². The van der Waals surface area contributed by atoms with E-state index >= 15 is 0 Å². The van der Waals surface area contributed by atoms with Crippen molar-refractivity contribution in [1.82, 2.24) is 0 Å². The molecule has 0 saturated heterocycles. The molecule has 0 unspecified atom stereocenters. The monoisotopic (exact) mass is 224 g/mol. The molecule has 0 spiro atoms. The summed E-state index contributed by atoms with van der Waals surface area (Å²) in [6.45, 7) is 0. The zero-order valence-electron chi connectivity index (χ0n) is 3.82. The average molecular weight is 226 g/mol. The van der Waals surface area contributed by atoms with Crippen molar-refractivity contribution in [3.8, 4) is 0 Å². The van der Waals surface area contributed by atoms with Gasteiger partial charge in [0.05, 0.1) is 3.23 Å². The van der Waals surface area contributed by atoms with Crippen molar-refractivity contribution in [3.63, 3.8) is 0 Å². The van der Waals surface area contributed by atoms with Crippen molar-refractivity contribution >= 4 is 31.9 Å². The summed E-state index contributed by atoms with van der Waals surface area (Å²) in [6, 6.07) is 0. The van der Waals surface area contributed by atoms with E-state index in [1.54, 1.807) is 0 Å². The lowest BCUT2D eigenvalue weighted by molar-refractivity contribution is 0.924. The van der Waals surface area contributed by atoms with E-state index in [4.69, 9.17) is 0 Å². The van der Waals surface area contributed by atoms with Gasteiger partial charge in [0, 0.05) is 0 Å². The van der Waals surface area contributed by atoms with Crippen molar-refractivity contribution in [2.45, 2.75) is 16.1 Å². The predicted molar refractivity (Wildman–Crippen MR) is 39.0 cm³/mol. The number of hydrogen-bond donors (Lipinski definition) is 0. The molecule has 7 heavy (non-hydrogen) atoms. The van der Waals surface area contributed by atoms with Crippen molar-refractivity contribution in [2.24, 2.45) is 0 Å². The first-order chi connectivity index (χ1) is 3.21. The molecule has 0 heterocycles. The fourth-order valence-corrected chi connectivity index (χ4v) is 1.45. The molecule has 0 atom stereocenters. The normalized spacial score (nSPS) is 26.0. The second kappa shape index (κ2) is 1.90. The van der Waals surface area contributed by atoms with Crippen LogP contribution in [0.25, 0.3) is 0 Å². The molecule has 0 nitrogen and oxygen atoms in total. The van der Waals surface area contributed by atoms with E-state index in [1.807, 2.05) is 0 Å². The fraction of sp³-hybridized carbons (Fsp3) is 0.600. The molecule has 0 aromatic heterocycles. The fourth-order valence-electron chi connectivity index (χ4n) is 0.615. The van der Waals surface area contributed by atoms with Crippen LogP contribution in [0, 0.1) is 0 Å². The first-order valence-corrected chi connectivity index (χ1v) is 3.85. The summed E-state index contributed by atoms with van der Waals surface area (Å²) in [5, 5.41) is 0. The molecule has 1 aliphatic rings. The van der Waals surface area contributed by atoms with Gasteiger partial charge in [-0.2, -0.15) is 0 Å². The van der Waals surface area contributed by atoms with E-state index in [-0.39, 0.29) is 3.23 Å². The van der Waals surface area contributed by atoms with Crippen LogP contribution in [0.5, 0.6) is 0 Å². The van der Waals surface area contributed by atoms with Gasteiger partial charge in [-0.3, -0.25) is 0 Å². The Morgan fingerprint density at radius 3 is 2.29 bits per heavy atom. The Hall–Kier alpha value is 0.700. The second-order valence-electron chi connectivity index (χ2n) is 1.70. The highest BCUT2D eigenvalue weighted by Gasteiger charge is 2.20. The van der Waals surface area contributed by atoms with Crippen LogP contribution in [-0.4, -0.2) is 3.23 Å². The minimum Gasteiger partial charge on any atom is -0.0862 e. The summed E-state index contributed by atoms with van der Waals surface area (Å²) >= 11 is 6.94. The van der Waals surface area contributed by atoms with Gasteiger partial charge in [-0.1, -0.05) is 44.0 Å². The number of halogens is 2. The Kier molecular flexibility index (Phi) is 1.58. The highest BCUT2D eigenvalue weighted by Crippen LogP contribution is 2.37. The van der Waals surface area contributed by atoms with Crippen LogP contribution in [0.1, 0.15) is 12.8 Å². The third-order valence-corrected chi connectivity index (χ3v) is 2.33. The van der Waals surface area contributed by atoms with E-state index in [0.717, 1.165) is 0 Å². The molecular formula is C5H6Br2. The van der Waals surface area contributed by atoms with Gasteiger partial charge in [0.15, 0.2) is 0 Å². The zero-order chi connectivity index (χ0) is 5.33. The van der Waals surface area contributed by atoms with E-state index in [9.17, 15) is 0 Å². The van der Waals surface area contributed by atoms with Gasteiger partial charge >= 0.3 is 0 Å². The van der Waals surface area contributed by atoms with Crippen molar-refractivity contribution < 1.29 is 0 Å². The minimum atomic E-state index is 0.139. The van der Waals surface area contributed by atoms with Crippen molar-refractivity contribution in [3.05, 3.63) is 12.2 Å². The number of hydrogen-bond acceptors (Lipinski definition) is 0. The molecule has 0 bridgehead atoms. The molecular weight excluding hydrogens is 220 g/mol. The van der Waals surface area contributed by atoms with Gasteiger partial charge in [-0.25, -0.2) is 0 Å². The summed E-state index contributed by atoms with van der Waals surface area (Å²) in [5.41, 5.74) is 0. The maximum Gasteiger partial charge on any atom is 0.0987 e. The molecule has 0 aliphatic heterocycles. The number of rotatable bonds is 0. The van der Waals surface area contributed by atoms with Crippen molar-refractivity contribution in [1.29, 1.82) is 0 Å². The Bertz CT molecular complexity index is 94.3. The van der Waals surface area contributed by atoms with Gasteiger partial charge in [-0.05, 0) is 12.8 Å². The first kappa shape index (κ1) is 5.83. The lowest BCUT2D eigenvalue weighted by atomic mass is 10.4. The van der Waals surface area contributed by atoms with Crippen LogP contribution >= 0.6 is 31.9 Å². The molecule has 0 N–H and O–H groups in total. The molecule has 0 fully saturated rings. The highest BCUT2D eigenvalue weighted by atomic mass is 79.9. The van der Waals surface area contributed by atoms with Gasteiger partial charge < -0.3 is 0 Å². The Balaban J connectivity index is 2.57. The summed E-state index contributed by atoms with van der Waals surface area (Å²) in [4.78, 5) is 0. The Morgan fingerprint density at radius 1 is 1.43 bits per heavy atom. The van der Waals surface area contributed by atoms with E-state index in [2.05, 4.69) is 44.0 Å². The van der Waals surface area contributed by atoms with E-state index in [1.165, 1.54) is 12.8 Å². The predicted octanol–water partition coefficient (Wildman–Crippen LogP) is 2.82. The van der Waals surface area contributed by atoms with E-state index < -0.39 is 0 Å². The maximum atomic E-state index is 3.47. The zero-order valence-corrected chi connectivity index (χ0v) is 7.00. The summed E-state index contributed by atoms with van der Waals surface area (Å²) in [6.07, 6.45) is 6.67. The topological polar surface area (TPSA) is 0 Å². The summed E-state index contributed by atoms with van der Waals surface area (Å²) in [7, 11) is 0. The SMILES string of the molecule is BrC1(Br)C=CCC1. The molecule has 1 rings (SSSR count). The van der Waals surface area contributed by atoms with Crippen LogP contribution in [0.15, 0.2) is 12.2 Å². The summed E-state index contributed by atoms with van der Waals surface area (Å²) in [5.74, 6) is 0. The molecule has 0 radical (unpaired) electrons. The molecule has 0 amide bonds. The number of alkyl halides is 2. The van der Waals surface area contributed by atoms with Crippen LogP contribution in [-0.2, 0) is 0 Å². The quantitative estimate of drug-likeness (QED) is 0.440. The van der Waals surface area contributed by atoms with Gasteiger partial charge in [0.25, 0.3) is 0 Å². The maximum absolute atomic E-state index is 3.47. The standard InChI is InChI=1S/C5H6Br2/c6-5(7)3-1-2-4-5/h1,3H,2,4H2. The summed E-state index contributed by atoms with van der Waals surface area (Å²) < 4.78 is 0.139. The van der Waals surface area contributed by atoms with Gasteiger partial charge in [0.1, 0.15) is 0 Å². The van der Waals surface area contributed by atoms with Crippen LogP contribution in [0.2, 0.25) is 0 Å². The van der Waals surface area contributed by atoms with E-state index in [0.29, 0.717) is 0 Å². The largest absolute Gasteiger partial charge is 0.0987 e. The van der Waals surface area contributed by atoms with Crippen LogP contribution in [0.4, 0.5) is 0 Å². The third kappa shape index (κ3) is 1.57. The second-order valence-corrected chi connectivity index (χ2v) is 5.60. The Morgan fingerprint density at radius 2 is 2.14 bits per heavy atom. The highest BCUT2D eigenvalue weighted by molar-refractivity contribution is 9.25. The molecule has 0 aromatic rings. The smallest absolute Gasteiger partial charge is 0.0862 e. The molecule has 40 valence electrons.